The third-order valence-electron chi connectivity index (χ3n) is 2.21. The monoisotopic (exact) mass is 233 g/mol. The van der Waals surface area contributed by atoms with Crippen molar-refractivity contribution in [2.24, 2.45) is 9.98 Å². The van der Waals surface area contributed by atoms with Gasteiger partial charge in [-0.3, -0.25) is 4.99 Å². The molecule has 0 atom stereocenters. The molecule has 0 saturated heterocycles. The second-order valence-corrected chi connectivity index (χ2v) is 4.24. The molecule has 82 valence electrons. The fourth-order valence-corrected chi connectivity index (χ4v) is 2.23. The SMILES string of the molecule is CN=C1N=CN(Cc2sccc2C#N)CN1. The molecule has 0 fully saturated rings. The zero-order chi connectivity index (χ0) is 11.4. The topological polar surface area (TPSA) is 63.8 Å². The first kappa shape index (κ1) is 10.6. The smallest absolute Gasteiger partial charge is 0.220 e. The van der Waals surface area contributed by atoms with Crippen molar-refractivity contribution in [2.75, 3.05) is 13.7 Å². The van der Waals surface area contributed by atoms with Gasteiger partial charge in [-0.1, -0.05) is 0 Å². The Balaban J connectivity index is 2.05. The van der Waals surface area contributed by atoms with E-state index in [1.54, 1.807) is 24.7 Å². The van der Waals surface area contributed by atoms with Crippen molar-refractivity contribution in [1.82, 2.24) is 10.2 Å². The van der Waals surface area contributed by atoms with Gasteiger partial charge in [0.25, 0.3) is 0 Å². The lowest BCUT2D eigenvalue weighted by molar-refractivity contribution is 0.410. The summed E-state index contributed by atoms with van der Waals surface area (Å²) in [5.74, 6) is 0.642. The van der Waals surface area contributed by atoms with Crippen LogP contribution in [0.5, 0.6) is 0 Å². The fourth-order valence-electron chi connectivity index (χ4n) is 1.38. The number of guanidine groups is 1. The highest BCUT2D eigenvalue weighted by Gasteiger charge is 2.11. The first-order valence-corrected chi connectivity index (χ1v) is 5.67. The summed E-state index contributed by atoms with van der Waals surface area (Å²) in [7, 11) is 1.70. The van der Waals surface area contributed by atoms with Gasteiger partial charge >= 0.3 is 0 Å². The van der Waals surface area contributed by atoms with Gasteiger partial charge in [0.05, 0.1) is 25.1 Å². The maximum Gasteiger partial charge on any atom is 0.220 e. The summed E-state index contributed by atoms with van der Waals surface area (Å²) in [6.45, 7) is 1.37. The lowest BCUT2D eigenvalue weighted by Gasteiger charge is -2.23. The van der Waals surface area contributed by atoms with Crippen LogP contribution in [0.25, 0.3) is 0 Å². The number of rotatable bonds is 2. The van der Waals surface area contributed by atoms with Gasteiger partial charge in [0.1, 0.15) is 6.07 Å². The van der Waals surface area contributed by atoms with E-state index < -0.39 is 0 Å². The minimum Gasteiger partial charge on any atom is -0.340 e. The summed E-state index contributed by atoms with van der Waals surface area (Å²) in [4.78, 5) is 11.1. The Morgan fingerprint density at radius 2 is 2.62 bits per heavy atom. The Hall–Kier alpha value is -1.87. The van der Waals surface area contributed by atoms with Crippen molar-refractivity contribution in [3.8, 4) is 6.07 Å². The van der Waals surface area contributed by atoms with E-state index in [0.717, 1.165) is 10.4 Å². The number of hydrogen-bond acceptors (Lipinski definition) is 4. The number of nitrogens with zero attached hydrogens (tertiary/aromatic N) is 4. The van der Waals surface area contributed by atoms with Crippen LogP contribution in [0.4, 0.5) is 0 Å². The first-order chi connectivity index (χ1) is 7.83. The fraction of sp³-hybridized carbons (Fsp3) is 0.300. The molecule has 16 heavy (non-hydrogen) atoms. The van der Waals surface area contributed by atoms with Crippen molar-refractivity contribution < 1.29 is 0 Å². The van der Waals surface area contributed by atoms with Gasteiger partial charge in [0, 0.05) is 11.9 Å². The molecule has 0 saturated carbocycles. The number of aliphatic imine (C=N–C) groups is 2. The van der Waals surface area contributed by atoms with E-state index in [9.17, 15) is 0 Å². The van der Waals surface area contributed by atoms with Crippen LogP contribution in [0.1, 0.15) is 10.4 Å². The first-order valence-electron chi connectivity index (χ1n) is 4.79. The molecule has 1 aliphatic rings. The van der Waals surface area contributed by atoms with Crippen LogP contribution >= 0.6 is 11.3 Å². The molecule has 0 unspecified atom stereocenters. The van der Waals surface area contributed by atoms with E-state index in [-0.39, 0.29) is 0 Å². The van der Waals surface area contributed by atoms with Gasteiger partial charge in [0.15, 0.2) is 0 Å². The zero-order valence-corrected chi connectivity index (χ0v) is 9.66. The molecule has 0 amide bonds. The highest BCUT2D eigenvalue weighted by molar-refractivity contribution is 7.10. The molecule has 6 heteroatoms. The van der Waals surface area contributed by atoms with Gasteiger partial charge in [-0.15, -0.1) is 11.3 Å². The molecule has 0 spiro atoms. The van der Waals surface area contributed by atoms with E-state index in [2.05, 4.69) is 21.4 Å². The Morgan fingerprint density at radius 1 is 1.75 bits per heavy atom. The quantitative estimate of drug-likeness (QED) is 0.828. The molecular formula is C10H11N5S. The van der Waals surface area contributed by atoms with Gasteiger partial charge in [-0.05, 0) is 11.4 Å². The molecule has 0 radical (unpaired) electrons. The van der Waals surface area contributed by atoms with Gasteiger partial charge in [-0.2, -0.15) is 5.26 Å². The standard InChI is InChI=1S/C10H11N5S/c1-12-10-13-6-15(7-14-10)5-9-8(4-11)2-3-16-9/h2-3,6H,5,7H2,1H3,(H,12,14). The highest BCUT2D eigenvalue weighted by atomic mass is 32.1. The Bertz CT molecular complexity index is 468. The summed E-state index contributed by atoms with van der Waals surface area (Å²) >= 11 is 1.59. The van der Waals surface area contributed by atoms with E-state index in [1.165, 1.54) is 0 Å². The Labute approximate surface area is 97.7 Å². The summed E-state index contributed by atoms with van der Waals surface area (Å²) in [6, 6.07) is 4.02. The predicted molar refractivity (Wildman–Crippen MR) is 64.4 cm³/mol. The second-order valence-electron chi connectivity index (χ2n) is 3.24. The summed E-state index contributed by atoms with van der Waals surface area (Å²) in [5, 5.41) is 13.9. The predicted octanol–water partition coefficient (Wildman–Crippen LogP) is 0.997. The average Bonchev–Trinajstić information content (AvgIpc) is 2.77. The number of nitrogens with one attached hydrogen (secondary N) is 1. The van der Waals surface area contributed by atoms with Crippen LogP contribution in [-0.4, -0.2) is 30.9 Å². The van der Waals surface area contributed by atoms with Crippen molar-refractivity contribution in [2.45, 2.75) is 6.54 Å². The van der Waals surface area contributed by atoms with E-state index in [4.69, 9.17) is 5.26 Å². The molecule has 2 rings (SSSR count). The molecular weight excluding hydrogens is 222 g/mol. The van der Waals surface area contributed by atoms with Crippen molar-refractivity contribution in [3.63, 3.8) is 0 Å². The minimum atomic E-state index is 0.642. The zero-order valence-electron chi connectivity index (χ0n) is 8.84. The van der Waals surface area contributed by atoms with Gasteiger partial charge in [0.2, 0.25) is 5.96 Å². The maximum atomic E-state index is 8.89. The van der Waals surface area contributed by atoms with Crippen molar-refractivity contribution in [1.29, 1.82) is 5.26 Å². The molecule has 1 aliphatic heterocycles. The molecule has 1 aromatic rings. The summed E-state index contributed by atoms with van der Waals surface area (Å²) in [6.07, 6.45) is 1.75. The maximum absolute atomic E-state index is 8.89. The molecule has 1 N–H and O–H groups in total. The van der Waals surface area contributed by atoms with Gasteiger partial charge < -0.3 is 10.2 Å². The average molecular weight is 233 g/mol. The normalized spacial score (nSPS) is 17.2. The third kappa shape index (κ3) is 2.20. The van der Waals surface area contributed by atoms with Crippen LogP contribution < -0.4 is 5.32 Å². The number of nitriles is 1. The summed E-state index contributed by atoms with van der Waals surface area (Å²) < 4.78 is 0. The lowest BCUT2D eigenvalue weighted by Crippen LogP contribution is -2.40. The number of thiophene rings is 1. The van der Waals surface area contributed by atoms with Crippen LogP contribution in [0.2, 0.25) is 0 Å². The molecule has 2 heterocycles. The van der Waals surface area contributed by atoms with Crippen molar-refractivity contribution >= 4 is 23.6 Å². The minimum absolute atomic E-state index is 0.642. The van der Waals surface area contributed by atoms with Crippen LogP contribution in [0.3, 0.4) is 0 Å². The van der Waals surface area contributed by atoms with E-state index >= 15 is 0 Å². The van der Waals surface area contributed by atoms with Crippen LogP contribution in [-0.2, 0) is 6.54 Å². The molecule has 0 aliphatic carbocycles. The third-order valence-corrected chi connectivity index (χ3v) is 3.11. The highest BCUT2D eigenvalue weighted by Crippen LogP contribution is 2.17. The lowest BCUT2D eigenvalue weighted by atomic mass is 10.3. The molecule has 0 bridgehead atoms. The molecule has 5 nitrogen and oxygen atoms in total. The number of hydrogen-bond donors (Lipinski definition) is 1. The van der Waals surface area contributed by atoms with Gasteiger partial charge in [-0.25, -0.2) is 4.99 Å². The van der Waals surface area contributed by atoms with Crippen molar-refractivity contribution in [3.05, 3.63) is 21.9 Å². The van der Waals surface area contributed by atoms with E-state index in [1.807, 2.05) is 16.3 Å². The summed E-state index contributed by atoms with van der Waals surface area (Å²) in [5.41, 5.74) is 0.744. The van der Waals surface area contributed by atoms with Crippen LogP contribution in [0, 0.1) is 11.3 Å². The molecule has 0 aromatic carbocycles. The Kier molecular flexibility index (Phi) is 3.17. The van der Waals surface area contributed by atoms with E-state index in [0.29, 0.717) is 19.2 Å². The second kappa shape index (κ2) is 4.77. The molecule has 1 aromatic heterocycles. The largest absolute Gasteiger partial charge is 0.340 e. The Morgan fingerprint density at radius 3 is 3.25 bits per heavy atom. The van der Waals surface area contributed by atoms with Crippen LogP contribution in [0.15, 0.2) is 21.4 Å².